The topological polar surface area (TPSA) is 67.4 Å². The van der Waals surface area contributed by atoms with Gasteiger partial charge in [-0.3, -0.25) is 9.00 Å². The minimum absolute atomic E-state index is 0.00269. The second kappa shape index (κ2) is 10.5. The summed E-state index contributed by atoms with van der Waals surface area (Å²) >= 11 is 0. The molecule has 1 atom stereocenters. The van der Waals surface area contributed by atoms with Crippen LogP contribution in [0.3, 0.4) is 0 Å². The molecule has 0 aromatic heterocycles. The van der Waals surface area contributed by atoms with Crippen molar-refractivity contribution in [2.75, 3.05) is 38.4 Å². The molecule has 0 spiro atoms. The van der Waals surface area contributed by atoms with Crippen LogP contribution in [-0.2, 0) is 26.1 Å². The van der Waals surface area contributed by atoms with Gasteiger partial charge in [0.1, 0.15) is 0 Å². The first-order valence-electron chi connectivity index (χ1n) is 7.03. The van der Waals surface area contributed by atoms with E-state index in [2.05, 4.69) is 10.6 Å². The van der Waals surface area contributed by atoms with E-state index in [-0.39, 0.29) is 5.91 Å². The number of carbonyl (C=O) groups is 1. The van der Waals surface area contributed by atoms with E-state index in [4.69, 9.17) is 4.74 Å². The van der Waals surface area contributed by atoms with Gasteiger partial charge in [0.05, 0.1) is 6.61 Å². The van der Waals surface area contributed by atoms with Crippen molar-refractivity contribution in [2.24, 2.45) is 0 Å². The van der Waals surface area contributed by atoms with E-state index < -0.39 is 10.8 Å². The number of hydrogen-bond donors (Lipinski definition) is 2. The summed E-state index contributed by atoms with van der Waals surface area (Å²) in [4.78, 5) is 11.7. The molecule has 0 aliphatic rings. The SMILES string of the molecule is CNCCCC(=O)Nc1cccc(CS(=O)CCOC)c1. The van der Waals surface area contributed by atoms with Gasteiger partial charge < -0.3 is 15.4 Å². The quantitative estimate of drug-likeness (QED) is 0.643. The highest BCUT2D eigenvalue weighted by atomic mass is 32.2. The first-order chi connectivity index (χ1) is 10.2. The van der Waals surface area contributed by atoms with Crippen LogP contribution in [0.4, 0.5) is 5.69 Å². The highest BCUT2D eigenvalue weighted by Crippen LogP contribution is 2.13. The Morgan fingerprint density at radius 1 is 1.38 bits per heavy atom. The van der Waals surface area contributed by atoms with Gasteiger partial charge in [-0.05, 0) is 37.7 Å². The molecule has 118 valence electrons. The lowest BCUT2D eigenvalue weighted by molar-refractivity contribution is -0.116. The van der Waals surface area contributed by atoms with Crippen LogP contribution in [-0.4, -0.2) is 43.2 Å². The molecule has 1 unspecified atom stereocenters. The third kappa shape index (κ3) is 7.94. The summed E-state index contributed by atoms with van der Waals surface area (Å²) in [6.45, 7) is 1.32. The van der Waals surface area contributed by atoms with E-state index >= 15 is 0 Å². The Morgan fingerprint density at radius 2 is 2.19 bits per heavy atom. The number of carbonyl (C=O) groups excluding carboxylic acids is 1. The predicted octanol–water partition coefficient (Wildman–Crippen LogP) is 1.52. The lowest BCUT2D eigenvalue weighted by atomic mass is 10.2. The number of methoxy groups -OCH3 is 1. The second-order valence-corrected chi connectivity index (χ2v) is 6.31. The van der Waals surface area contributed by atoms with E-state index in [9.17, 15) is 9.00 Å². The maximum Gasteiger partial charge on any atom is 0.224 e. The van der Waals surface area contributed by atoms with Crippen LogP contribution in [0.1, 0.15) is 18.4 Å². The molecule has 2 N–H and O–H groups in total. The fraction of sp³-hybridized carbons (Fsp3) is 0.533. The molecule has 0 bridgehead atoms. The van der Waals surface area contributed by atoms with Crippen LogP contribution >= 0.6 is 0 Å². The Hall–Kier alpha value is -1.24. The molecule has 21 heavy (non-hydrogen) atoms. The van der Waals surface area contributed by atoms with Gasteiger partial charge in [0.2, 0.25) is 5.91 Å². The maximum atomic E-state index is 11.8. The van der Waals surface area contributed by atoms with Gasteiger partial charge in [-0.1, -0.05) is 12.1 Å². The molecule has 0 fully saturated rings. The molecule has 0 aliphatic carbocycles. The summed E-state index contributed by atoms with van der Waals surface area (Å²) in [7, 11) is 2.52. The Kier molecular flexibility index (Phi) is 8.89. The summed E-state index contributed by atoms with van der Waals surface area (Å²) in [6.07, 6.45) is 1.30. The van der Waals surface area contributed by atoms with E-state index in [1.807, 2.05) is 31.3 Å². The van der Waals surface area contributed by atoms with Crippen LogP contribution in [0, 0.1) is 0 Å². The molecule has 0 aliphatic heterocycles. The highest BCUT2D eigenvalue weighted by molar-refractivity contribution is 7.84. The number of anilines is 1. The van der Waals surface area contributed by atoms with Crippen molar-refractivity contribution in [3.8, 4) is 0 Å². The standard InChI is InChI=1S/C15H24N2O3S/c1-16-8-4-7-15(18)17-14-6-3-5-13(11-14)12-21(19)10-9-20-2/h3,5-6,11,16H,4,7-10,12H2,1-2H3,(H,17,18). The molecule has 1 amide bonds. The average Bonchev–Trinajstić information content (AvgIpc) is 2.45. The van der Waals surface area contributed by atoms with Gasteiger partial charge in [0.15, 0.2) is 0 Å². The Balaban J connectivity index is 2.48. The van der Waals surface area contributed by atoms with Crippen LogP contribution in [0.15, 0.2) is 24.3 Å². The number of rotatable bonds is 10. The Bertz CT molecular complexity index is 466. The number of amides is 1. The van der Waals surface area contributed by atoms with Gasteiger partial charge in [0.25, 0.3) is 0 Å². The Labute approximate surface area is 128 Å². The zero-order valence-corrected chi connectivity index (χ0v) is 13.5. The summed E-state index contributed by atoms with van der Waals surface area (Å²) in [5.74, 6) is 1.01. The van der Waals surface area contributed by atoms with Crippen LogP contribution in [0.25, 0.3) is 0 Å². The average molecular weight is 312 g/mol. The second-order valence-electron chi connectivity index (χ2n) is 4.74. The van der Waals surface area contributed by atoms with Gasteiger partial charge >= 0.3 is 0 Å². The number of hydrogen-bond acceptors (Lipinski definition) is 4. The lowest BCUT2D eigenvalue weighted by Gasteiger charge is -2.08. The van der Waals surface area contributed by atoms with E-state index in [0.717, 1.165) is 24.2 Å². The van der Waals surface area contributed by atoms with Gasteiger partial charge in [0, 0.05) is 41.5 Å². The lowest BCUT2D eigenvalue weighted by Crippen LogP contribution is -2.15. The van der Waals surface area contributed by atoms with Crippen molar-refractivity contribution >= 4 is 22.4 Å². The molecule has 0 heterocycles. The molecular weight excluding hydrogens is 288 g/mol. The van der Waals surface area contributed by atoms with Crippen molar-refractivity contribution in [2.45, 2.75) is 18.6 Å². The molecular formula is C15H24N2O3S. The fourth-order valence-electron chi connectivity index (χ4n) is 1.82. The van der Waals surface area contributed by atoms with Crippen molar-refractivity contribution in [3.63, 3.8) is 0 Å². The van der Waals surface area contributed by atoms with E-state index in [1.165, 1.54) is 0 Å². The van der Waals surface area contributed by atoms with E-state index in [1.54, 1.807) is 7.11 Å². The number of ether oxygens (including phenoxy) is 1. The molecule has 0 radical (unpaired) electrons. The van der Waals surface area contributed by atoms with Gasteiger partial charge in [-0.25, -0.2) is 0 Å². The highest BCUT2D eigenvalue weighted by Gasteiger charge is 2.05. The molecule has 6 heteroatoms. The summed E-state index contributed by atoms with van der Waals surface area (Å²) < 4.78 is 16.7. The van der Waals surface area contributed by atoms with Crippen LogP contribution in [0.2, 0.25) is 0 Å². The number of nitrogens with one attached hydrogen (secondary N) is 2. The third-order valence-corrected chi connectivity index (χ3v) is 4.16. The fourth-order valence-corrected chi connectivity index (χ4v) is 2.87. The summed E-state index contributed by atoms with van der Waals surface area (Å²) in [6, 6.07) is 7.51. The first kappa shape index (κ1) is 17.8. The van der Waals surface area contributed by atoms with Crippen molar-refractivity contribution in [1.82, 2.24) is 5.32 Å². The van der Waals surface area contributed by atoms with Crippen molar-refractivity contribution in [3.05, 3.63) is 29.8 Å². The molecule has 1 rings (SSSR count). The summed E-state index contributed by atoms with van der Waals surface area (Å²) in [5.41, 5.74) is 1.71. The summed E-state index contributed by atoms with van der Waals surface area (Å²) in [5, 5.41) is 5.88. The third-order valence-electron chi connectivity index (χ3n) is 2.88. The van der Waals surface area contributed by atoms with Crippen molar-refractivity contribution in [1.29, 1.82) is 0 Å². The number of benzene rings is 1. The molecule has 1 aromatic rings. The van der Waals surface area contributed by atoms with Gasteiger partial charge in [-0.15, -0.1) is 0 Å². The predicted molar refractivity (Wildman–Crippen MR) is 86.8 cm³/mol. The monoisotopic (exact) mass is 312 g/mol. The van der Waals surface area contributed by atoms with Gasteiger partial charge in [-0.2, -0.15) is 0 Å². The van der Waals surface area contributed by atoms with Crippen molar-refractivity contribution < 1.29 is 13.7 Å². The molecule has 1 aromatic carbocycles. The minimum atomic E-state index is -0.944. The van der Waals surface area contributed by atoms with Crippen LogP contribution in [0.5, 0.6) is 0 Å². The zero-order valence-electron chi connectivity index (χ0n) is 12.7. The maximum absolute atomic E-state index is 11.8. The Morgan fingerprint density at radius 3 is 2.90 bits per heavy atom. The smallest absolute Gasteiger partial charge is 0.224 e. The van der Waals surface area contributed by atoms with E-state index in [0.29, 0.717) is 24.5 Å². The molecule has 0 saturated heterocycles. The zero-order chi connectivity index (χ0) is 15.5. The molecule has 5 nitrogen and oxygen atoms in total. The first-order valence-corrected chi connectivity index (χ1v) is 8.52. The van der Waals surface area contributed by atoms with Crippen LogP contribution < -0.4 is 10.6 Å². The largest absolute Gasteiger partial charge is 0.384 e. The minimum Gasteiger partial charge on any atom is -0.384 e. The molecule has 0 saturated carbocycles. The normalized spacial score (nSPS) is 12.1.